The van der Waals surface area contributed by atoms with Crippen molar-refractivity contribution in [3.05, 3.63) is 30.1 Å². The number of rotatable bonds is 5. The van der Waals surface area contributed by atoms with Crippen LogP contribution in [0, 0.1) is 0 Å². The van der Waals surface area contributed by atoms with Crippen LogP contribution >= 0.6 is 0 Å². The average molecular weight is 288 g/mol. The lowest BCUT2D eigenvalue weighted by Crippen LogP contribution is -2.25. The third-order valence-electron chi connectivity index (χ3n) is 3.11. The number of methoxy groups -OCH3 is 1. The van der Waals surface area contributed by atoms with E-state index in [2.05, 4.69) is 25.6 Å². The van der Waals surface area contributed by atoms with Crippen molar-refractivity contribution in [3.63, 3.8) is 0 Å². The topological polar surface area (TPSA) is 118 Å². The molecule has 0 spiro atoms. The van der Waals surface area contributed by atoms with Crippen molar-refractivity contribution in [1.29, 1.82) is 0 Å². The Hall–Kier alpha value is -2.81. The zero-order valence-electron chi connectivity index (χ0n) is 11.1. The summed E-state index contributed by atoms with van der Waals surface area (Å²) in [7, 11) is 1.37. The molecule has 3 heterocycles. The molecule has 0 aliphatic heterocycles. The van der Waals surface area contributed by atoms with Crippen molar-refractivity contribution in [3.8, 4) is 11.5 Å². The number of carbonyl (C=O) groups is 1. The second-order valence-electron chi connectivity index (χ2n) is 4.37. The summed E-state index contributed by atoms with van der Waals surface area (Å²) >= 11 is 0. The molecule has 3 rings (SSSR count). The summed E-state index contributed by atoms with van der Waals surface area (Å²) in [6, 6.07) is 5.45. The van der Waals surface area contributed by atoms with Gasteiger partial charge in [0.2, 0.25) is 5.82 Å². The molecule has 2 N–H and O–H groups in total. The number of carboxylic acid groups (broad SMARTS) is 1. The number of H-pyrrole nitrogens is 1. The minimum atomic E-state index is -1.01. The first-order valence-corrected chi connectivity index (χ1v) is 6.15. The number of aromatic amines is 1. The minimum Gasteiger partial charge on any atom is -0.479 e. The number of fused-ring (bicyclic) bond motifs is 1. The van der Waals surface area contributed by atoms with Gasteiger partial charge in [-0.15, -0.1) is 10.2 Å². The average Bonchev–Trinajstić information content (AvgIpc) is 3.12. The standard InChI is InChI=1S/C12H12N6O3/c1-21-9(12(19)20)5-7-3-2-4-10-13-8(6-18(7)10)11-14-16-17-15-11/h2-4,6,9H,5H2,1H3,(H,19,20)(H,14,15,16,17). The molecule has 1 atom stereocenters. The van der Waals surface area contributed by atoms with Gasteiger partial charge in [0.15, 0.2) is 6.10 Å². The second kappa shape index (κ2) is 5.29. The Morgan fingerprint density at radius 2 is 2.38 bits per heavy atom. The minimum absolute atomic E-state index is 0.227. The van der Waals surface area contributed by atoms with Gasteiger partial charge < -0.3 is 14.2 Å². The molecule has 0 fully saturated rings. The number of nitrogens with one attached hydrogen (secondary N) is 1. The largest absolute Gasteiger partial charge is 0.479 e. The monoisotopic (exact) mass is 288 g/mol. The lowest BCUT2D eigenvalue weighted by molar-refractivity contribution is -0.148. The number of hydrogen-bond acceptors (Lipinski definition) is 6. The number of hydrogen-bond donors (Lipinski definition) is 2. The van der Waals surface area contributed by atoms with Gasteiger partial charge in [-0.3, -0.25) is 0 Å². The van der Waals surface area contributed by atoms with E-state index in [1.54, 1.807) is 10.6 Å². The third-order valence-corrected chi connectivity index (χ3v) is 3.11. The van der Waals surface area contributed by atoms with Crippen molar-refractivity contribution < 1.29 is 14.6 Å². The Labute approximate surface area is 118 Å². The Kier molecular flexibility index (Phi) is 3.32. The molecule has 9 nitrogen and oxygen atoms in total. The van der Waals surface area contributed by atoms with Crippen LogP contribution in [0.3, 0.4) is 0 Å². The molecular weight excluding hydrogens is 276 g/mol. The van der Waals surface area contributed by atoms with Gasteiger partial charge in [-0.05, 0) is 17.3 Å². The first kappa shape index (κ1) is 13.2. The number of aromatic nitrogens is 6. The highest BCUT2D eigenvalue weighted by Crippen LogP contribution is 2.17. The van der Waals surface area contributed by atoms with Crippen molar-refractivity contribution >= 4 is 11.6 Å². The predicted molar refractivity (Wildman–Crippen MR) is 70.5 cm³/mol. The molecule has 108 valence electrons. The highest BCUT2D eigenvalue weighted by atomic mass is 16.5. The number of carboxylic acids is 1. The molecule has 0 saturated heterocycles. The zero-order valence-corrected chi connectivity index (χ0v) is 11.1. The van der Waals surface area contributed by atoms with Gasteiger partial charge in [0, 0.05) is 25.4 Å². The Bertz CT molecular complexity index is 766. The molecule has 0 aliphatic carbocycles. The third kappa shape index (κ3) is 2.46. The molecule has 3 aromatic rings. The summed E-state index contributed by atoms with van der Waals surface area (Å²) in [5.74, 6) is -0.626. The molecule has 0 saturated carbocycles. The van der Waals surface area contributed by atoms with E-state index in [9.17, 15) is 4.79 Å². The molecule has 21 heavy (non-hydrogen) atoms. The van der Waals surface area contributed by atoms with E-state index in [1.807, 2.05) is 18.2 Å². The summed E-state index contributed by atoms with van der Waals surface area (Å²) in [5.41, 5.74) is 2.00. The van der Waals surface area contributed by atoms with Crippen LogP contribution in [-0.2, 0) is 16.0 Å². The van der Waals surface area contributed by atoms with E-state index < -0.39 is 12.1 Å². The van der Waals surface area contributed by atoms with Crippen LogP contribution in [0.1, 0.15) is 5.69 Å². The molecule has 3 aromatic heterocycles. The van der Waals surface area contributed by atoms with Gasteiger partial charge >= 0.3 is 5.97 Å². The van der Waals surface area contributed by atoms with Gasteiger partial charge in [-0.2, -0.15) is 5.21 Å². The van der Waals surface area contributed by atoms with Crippen LogP contribution in [0.4, 0.5) is 0 Å². The first-order valence-electron chi connectivity index (χ1n) is 6.15. The summed E-state index contributed by atoms with van der Waals surface area (Å²) < 4.78 is 6.76. The normalized spacial score (nSPS) is 12.6. The number of tetrazole rings is 1. The molecule has 0 bridgehead atoms. The summed E-state index contributed by atoms with van der Waals surface area (Å²) in [6.07, 6.45) is 1.06. The Morgan fingerprint density at radius 1 is 1.52 bits per heavy atom. The van der Waals surface area contributed by atoms with E-state index in [-0.39, 0.29) is 6.42 Å². The molecule has 0 aliphatic rings. The maximum Gasteiger partial charge on any atom is 0.333 e. The maximum atomic E-state index is 11.1. The van der Waals surface area contributed by atoms with E-state index in [0.29, 0.717) is 17.2 Å². The number of ether oxygens (including phenoxy) is 1. The summed E-state index contributed by atoms with van der Waals surface area (Å²) in [6.45, 7) is 0. The number of nitrogens with zero attached hydrogens (tertiary/aromatic N) is 5. The van der Waals surface area contributed by atoms with Crippen LogP contribution in [-0.4, -0.2) is 54.3 Å². The van der Waals surface area contributed by atoms with Gasteiger partial charge in [0.1, 0.15) is 11.3 Å². The molecule has 0 amide bonds. The van der Waals surface area contributed by atoms with Crippen LogP contribution in [0.25, 0.3) is 17.2 Å². The highest BCUT2D eigenvalue weighted by molar-refractivity contribution is 5.72. The number of imidazole rings is 1. The van der Waals surface area contributed by atoms with Crippen LogP contribution in [0.15, 0.2) is 24.4 Å². The first-order chi connectivity index (χ1) is 10.2. The SMILES string of the molecule is COC(Cc1cccc2nc(-c3nn[nH]n3)cn12)C(=O)O. The van der Waals surface area contributed by atoms with Gasteiger partial charge in [0.25, 0.3) is 0 Å². The van der Waals surface area contributed by atoms with Gasteiger partial charge in [0.05, 0.1) is 0 Å². The number of pyridine rings is 1. The molecule has 0 aromatic carbocycles. The molecule has 1 unspecified atom stereocenters. The number of aliphatic carboxylic acids is 1. The Morgan fingerprint density at radius 3 is 3.05 bits per heavy atom. The summed E-state index contributed by atoms with van der Waals surface area (Å²) in [5, 5.41) is 22.7. The molecular formula is C12H12N6O3. The second-order valence-corrected chi connectivity index (χ2v) is 4.37. The van der Waals surface area contributed by atoms with Crippen molar-refractivity contribution in [2.75, 3.05) is 7.11 Å². The highest BCUT2D eigenvalue weighted by Gasteiger charge is 2.19. The Balaban J connectivity index is 2.01. The van der Waals surface area contributed by atoms with E-state index in [4.69, 9.17) is 9.84 Å². The van der Waals surface area contributed by atoms with Crippen LogP contribution in [0.2, 0.25) is 0 Å². The zero-order chi connectivity index (χ0) is 14.8. The van der Waals surface area contributed by atoms with E-state index in [0.717, 1.165) is 5.69 Å². The predicted octanol–water partition coefficient (Wildman–Crippen LogP) is 0.156. The van der Waals surface area contributed by atoms with E-state index in [1.165, 1.54) is 7.11 Å². The fraction of sp³-hybridized carbons (Fsp3) is 0.250. The lowest BCUT2D eigenvalue weighted by Gasteiger charge is -2.11. The fourth-order valence-electron chi connectivity index (χ4n) is 2.07. The van der Waals surface area contributed by atoms with Crippen molar-refractivity contribution in [2.45, 2.75) is 12.5 Å². The van der Waals surface area contributed by atoms with Crippen LogP contribution in [0.5, 0.6) is 0 Å². The molecule has 0 radical (unpaired) electrons. The van der Waals surface area contributed by atoms with E-state index >= 15 is 0 Å². The van der Waals surface area contributed by atoms with Crippen molar-refractivity contribution in [1.82, 2.24) is 30.0 Å². The van der Waals surface area contributed by atoms with Crippen molar-refractivity contribution in [2.24, 2.45) is 0 Å². The van der Waals surface area contributed by atoms with Gasteiger partial charge in [-0.1, -0.05) is 6.07 Å². The lowest BCUT2D eigenvalue weighted by atomic mass is 10.2. The van der Waals surface area contributed by atoms with Crippen LogP contribution < -0.4 is 0 Å². The van der Waals surface area contributed by atoms with Gasteiger partial charge in [-0.25, -0.2) is 9.78 Å². The summed E-state index contributed by atoms with van der Waals surface area (Å²) in [4.78, 5) is 15.5. The quantitative estimate of drug-likeness (QED) is 0.686. The molecule has 9 heteroatoms. The fourth-order valence-corrected chi connectivity index (χ4v) is 2.07. The smallest absolute Gasteiger partial charge is 0.333 e. The maximum absolute atomic E-state index is 11.1.